The van der Waals surface area contributed by atoms with Crippen molar-refractivity contribution in [3.8, 4) is 22.6 Å². The molecular formula is C21H16Br2N2O3. The number of hydrogen-bond donors (Lipinski definition) is 2. The van der Waals surface area contributed by atoms with Gasteiger partial charge in [-0.1, -0.05) is 58.4 Å². The lowest BCUT2D eigenvalue weighted by Crippen LogP contribution is -2.24. The Morgan fingerprint density at radius 3 is 2.43 bits per heavy atom. The van der Waals surface area contributed by atoms with Crippen LogP contribution in [-0.2, 0) is 4.79 Å². The van der Waals surface area contributed by atoms with Crippen molar-refractivity contribution in [3.63, 3.8) is 0 Å². The smallest absolute Gasteiger partial charge is 0.277 e. The average Bonchev–Trinajstić information content (AvgIpc) is 2.71. The van der Waals surface area contributed by atoms with Gasteiger partial charge in [0.1, 0.15) is 11.5 Å². The molecule has 0 aliphatic heterocycles. The number of ether oxygens (including phenoxy) is 1. The van der Waals surface area contributed by atoms with E-state index in [2.05, 4.69) is 42.4 Å². The molecule has 3 rings (SSSR count). The Hall–Kier alpha value is -2.64. The van der Waals surface area contributed by atoms with Crippen LogP contribution in [0.1, 0.15) is 5.56 Å². The number of amides is 1. The van der Waals surface area contributed by atoms with Crippen molar-refractivity contribution in [1.29, 1.82) is 0 Å². The minimum Gasteiger partial charge on any atom is -0.506 e. The van der Waals surface area contributed by atoms with Gasteiger partial charge in [0.05, 0.1) is 10.7 Å². The molecule has 0 aliphatic carbocycles. The second-order valence-electron chi connectivity index (χ2n) is 5.80. The number of nitrogens with one attached hydrogen (secondary N) is 1. The molecule has 3 aromatic rings. The van der Waals surface area contributed by atoms with Crippen LogP contribution in [0.15, 0.2) is 80.8 Å². The van der Waals surface area contributed by atoms with Crippen LogP contribution in [0.2, 0.25) is 0 Å². The van der Waals surface area contributed by atoms with E-state index in [9.17, 15) is 9.90 Å². The van der Waals surface area contributed by atoms with Crippen LogP contribution in [0.4, 0.5) is 0 Å². The zero-order valence-corrected chi connectivity index (χ0v) is 17.8. The molecular weight excluding hydrogens is 488 g/mol. The maximum atomic E-state index is 11.9. The van der Waals surface area contributed by atoms with Crippen molar-refractivity contribution in [2.45, 2.75) is 0 Å². The number of benzene rings is 3. The van der Waals surface area contributed by atoms with E-state index in [1.807, 2.05) is 54.6 Å². The molecule has 2 N–H and O–H groups in total. The van der Waals surface area contributed by atoms with Crippen molar-refractivity contribution in [2.75, 3.05) is 6.61 Å². The van der Waals surface area contributed by atoms with Crippen LogP contribution in [0.3, 0.4) is 0 Å². The van der Waals surface area contributed by atoms with Crippen molar-refractivity contribution in [3.05, 3.63) is 81.2 Å². The van der Waals surface area contributed by atoms with Gasteiger partial charge in [0.15, 0.2) is 6.61 Å². The van der Waals surface area contributed by atoms with Gasteiger partial charge in [0, 0.05) is 10.0 Å². The van der Waals surface area contributed by atoms with Crippen LogP contribution in [-0.4, -0.2) is 23.8 Å². The number of halogens is 2. The van der Waals surface area contributed by atoms with Gasteiger partial charge in [0.25, 0.3) is 5.91 Å². The number of hydrogen-bond acceptors (Lipinski definition) is 4. The molecule has 1 amide bonds. The predicted octanol–water partition coefficient (Wildman–Crippen LogP) is 5.11. The first-order valence-electron chi connectivity index (χ1n) is 8.31. The standard InChI is InChI=1S/C21H16Br2N2O3/c22-17-10-16(21(27)19(23)11-17)12-24-25-20(26)13-28-18-8-6-15(7-9-18)14-4-2-1-3-5-14/h1-12,27H,13H2,(H,25,26)/b24-12-. The lowest BCUT2D eigenvalue weighted by atomic mass is 10.1. The minimum absolute atomic E-state index is 0.0379. The third-order valence-corrected chi connectivity index (χ3v) is 4.84. The molecule has 0 radical (unpaired) electrons. The summed E-state index contributed by atoms with van der Waals surface area (Å²) in [6.07, 6.45) is 1.36. The zero-order chi connectivity index (χ0) is 19.9. The Kier molecular flexibility index (Phi) is 6.84. The summed E-state index contributed by atoms with van der Waals surface area (Å²) < 4.78 is 6.77. The second kappa shape index (κ2) is 9.52. The Morgan fingerprint density at radius 2 is 1.71 bits per heavy atom. The van der Waals surface area contributed by atoms with Crippen LogP contribution >= 0.6 is 31.9 Å². The molecule has 0 heterocycles. The summed E-state index contributed by atoms with van der Waals surface area (Å²) in [5.41, 5.74) is 5.01. The third-order valence-electron chi connectivity index (χ3n) is 3.78. The van der Waals surface area contributed by atoms with Gasteiger partial charge in [-0.05, 0) is 51.3 Å². The van der Waals surface area contributed by atoms with Gasteiger partial charge in [0.2, 0.25) is 0 Å². The largest absolute Gasteiger partial charge is 0.506 e. The normalized spacial score (nSPS) is 10.8. The molecule has 0 spiro atoms. The quantitative estimate of drug-likeness (QED) is 0.362. The Labute approximate surface area is 179 Å². The predicted molar refractivity (Wildman–Crippen MR) is 117 cm³/mol. The summed E-state index contributed by atoms with van der Waals surface area (Å²) in [6.45, 7) is -0.170. The SMILES string of the molecule is O=C(COc1ccc(-c2ccccc2)cc1)N/N=C\c1cc(Br)cc(Br)c1O. The number of carbonyl (C=O) groups excluding carboxylic acids is 1. The van der Waals surface area contributed by atoms with E-state index in [0.29, 0.717) is 15.8 Å². The van der Waals surface area contributed by atoms with Crippen LogP contribution < -0.4 is 10.2 Å². The fourth-order valence-corrected chi connectivity index (χ4v) is 3.67. The van der Waals surface area contributed by atoms with Crippen LogP contribution in [0.5, 0.6) is 11.5 Å². The number of aromatic hydroxyl groups is 1. The summed E-state index contributed by atoms with van der Waals surface area (Å²) in [5, 5.41) is 13.8. The van der Waals surface area contributed by atoms with Gasteiger partial charge in [-0.25, -0.2) is 5.43 Å². The maximum absolute atomic E-state index is 11.9. The molecule has 7 heteroatoms. The first kappa shape index (κ1) is 20.1. The molecule has 0 aliphatic rings. The van der Waals surface area contributed by atoms with Crippen LogP contribution in [0, 0.1) is 0 Å². The monoisotopic (exact) mass is 502 g/mol. The summed E-state index contributed by atoms with van der Waals surface area (Å²) in [6, 6.07) is 20.9. The molecule has 142 valence electrons. The Balaban J connectivity index is 1.52. The molecule has 0 saturated heterocycles. The van der Waals surface area contributed by atoms with Gasteiger partial charge < -0.3 is 9.84 Å². The van der Waals surface area contributed by atoms with Gasteiger partial charge in [-0.3, -0.25) is 4.79 Å². The average molecular weight is 504 g/mol. The third kappa shape index (κ3) is 5.43. The highest BCUT2D eigenvalue weighted by atomic mass is 79.9. The van der Waals surface area contributed by atoms with E-state index in [4.69, 9.17) is 4.74 Å². The number of rotatable bonds is 6. The van der Waals surface area contributed by atoms with E-state index in [-0.39, 0.29) is 12.4 Å². The first-order valence-corrected chi connectivity index (χ1v) is 9.90. The molecule has 5 nitrogen and oxygen atoms in total. The van der Waals surface area contributed by atoms with Gasteiger partial charge in [-0.2, -0.15) is 5.10 Å². The van der Waals surface area contributed by atoms with E-state index >= 15 is 0 Å². The molecule has 0 saturated carbocycles. The number of nitrogens with zero attached hydrogens (tertiary/aromatic N) is 1. The number of phenols is 1. The summed E-state index contributed by atoms with van der Waals surface area (Å²) in [7, 11) is 0. The Morgan fingerprint density at radius 1 is 1.04 bits per heavy atom. The molecule has 0 atom stereocenters. The van der Waals surface area contributed by atoms with Crippen molar-refractivity contribution < 1.29 is 14.6 Å². The molecule has 3 aromatic carbocycles. The zero-order valence-electron chi connectivity index (χ0n) is 14.6. The summed E-state index contributed by atoms with van der Waals surface area (Å²) in [5.74, 6) is 0.222. The molecule has 0 aromatic heterocycles. The lowest BCUT2D eigenvalue weighted by molar-refractivity contribution is -0.123. The van der Waals surface area contributed by atoms with Crippen molar-refractivity contribution in [2.24, 2.45) is 5.10 Å². The topological polar surface area (TPSA) is 70.9 Å². The lowest BCUT2D eigenvalue weighted by Gasteiger charge is -2.07. The number of phenolic OH excluding ortho intramolecular Hbond substituents is 1. The van der Waals surface area contributed by atoms with Gasteiger partial charge in [-0.15, -0.1) is 0 Å². The number of carbonyl (C=O) groups is 1. The second-order valence-corrected chi connectivity index (χ2v) is 7.57. The summed E-state index contributed by atoms with van der Waals surface area (Å²) >= 11 is 6.57. The molecule has 28 heavy (non-hydrogen) atoms. The van der Waals surface area contributed by atoms with Crippen LogP contribution in [0.25, 0.3) is 11.1 Å². The van der Waals surface area contributed by atoms with E-state index in [0.717, 1.165) is 15.6 Å². The highest BCUT2D eigenvalue weighted by Crippen LogP contribution is 2.30. The Bertz CT molecular complexity index is 991. The fourth-order valence-electron chi connectivity index (χ4n) is 2.41. The minimum atomic E-state index is -0.406. The fraction of sp³-hybridized carbons (Fsp3) is 0.0476. The summed E-state index contributed by atoms with van der Waals surface area (Å²) in [4.78, 5) is 11.9. The first-order chi connectivity index (χ1) is 13.5. The van der Waals surface area contributed by atoms with Crippen molar-refractivity contribution in [1.82, 2.24) is 5.43 Å². The highest BCUT2D eigenvalue weighted by Gasteiger charge is 2.06. The molecule has 0 unspecified atom stereocenters. The van der Waals surface area contributed by atoms with E-state index in [1.54, 1.807) is 12.1 Å². The van der Waals surface area contributed by atoms with Crippen molar-refractivity contribution >= 4 is 44.0 Å². The molecule has 0 fully saturated rings. The number of hydrazone groups is 1. The molecule has 0 bridgehead atoms. The van der Waals surface area contributed by atoms with E-state index < -0.39 is 5.91 Å². The highest BCUT2D eigenvalue weighted by molar-refractivity contribution is 9.11. The van der Waals surface area contributed by atoms with Gasteiger partial charge >= 0.3 is 0 Å². The van der Waals surface area contributed by atoms with E-state index in [1.165, 1.54) is 6.21 Å². The maximum Gasteiger partial charge on any atom is 0.277 e.